The van der Waals surface area contributed by atoms with E-state index >= 15 is 0 Å². The van der Waals surface area contributed by atoms with Crippen LogP contribution in [0.1, 0.15) is 41.5 Å². The number of carbonyl (C=O) groups is 2. The summed E-state index contributed by atoms with van der Waals surface area (Å²) in [5, 5.41) is 4.75. The molecule has 6 nitrogen and oxygen atoms in total. The Morgan fingerprint density at radius 3 is 2.53 bits per heavy atom. The summed E-state index contributed by atoms with van der Waals surface area (Å²) in [5.41, 5.74) is 0.870. The number of esters is 1. The first kappa shape index (κ1) is 21.4. The molecule has 0 radical (unpaired) electrons. The molecule has 0 bridgehead atoms. The number of carbonyl (C=O) groups excluding carboxylic acids is 2. The number of benzene rings is 1. The maximum absolute atomic E-state index is 13.5. The number of nitrogens with zero attached hydrogens (tertiary/aromatic N) is 1. The number of pyridine rings is 1. The molecule has 0 spiro atoms. The summed E-state index contributed by atoms with van der Waals surface area (Å²) in [6.45, 7) is 5.28. The SMILES string of the molecule is COc1ccc(-c2csc(NC(=O)c3cccc(F)c3)c2C(=O)OC(C)(C)C)cn1. The Bertz CT molecular complexity index is 1070. The predicted octanol–water partition coefficient (Wildman–Crippen LogP) is 5.17. The summed E-state index contributed by atoms with van der Waals surface area (Å²) in [6.07, 6.45) is 1.58. The van der Waals surface area contributed by atoms with Gasteiger partial charge in [-0.1, -0.05) is 6.07 Å². The van der Waals surface area contributed by atoms with Crippen LogP contribution >= 0.6 is 11.3 Å². The molecule has 0 aliphatic heterocycles. The molecule has 0 unspecified atom stereocenters. The minimum absolute atomic E-state index is 0.145. The molecule has 30 heavy (non-hydrogen) atoms. The minimum Gasteiger partial charge on any atom is -0.481 e. The lowest BCUT2D eigenvalue weighted by Crippen LogP contribution is -2.25. The van der Waals surface area contributed by atoms with Gasteiger partial charge in [-0.15, -0.1) is 11.3 Å². The third-order valence-electron chi connectivity index (χ3n) is 3.96. The number of hydrogen-bond donors (Lipinski definition) is 1. The van der Waals surface area contributed by atoms with Crippen LogP contribution in [0.25, 0.3) is 11.1 Å². The van der Waals surface area contributed by atoms with E-state index in [0.717, 1.165) is 6.07 Å². The number of hydrogen-bond acceptors (Lipinski definition) is 6. The monoisotopic (exact) mass is 428 g/mol. The van der Waals surface area contributed by atoms with E-state index in [1.165, 1.54) is 36.6 Å². The average Bonchev–Trinajstić information content (AvgIpc) is 3.10. The molecular weight excluding hydrogens is 407 g/mol. The zero-order valence-corrected chi connectivity index (χ0v) is 17.8. The molecule has 0 fully saturated rings. The van der Waals surface area contributed by atoms with Crippen molar-refractivity contribution in [2.75, 3.05) is 12.4 Å². The van der Waals surface area contributed by atoms with Crippen LogP contribution in [0.3, 0.4) is 0 Å². The maximum atomic E-state index is 13.5. The van der Waals surface area contributed by atoms with Crippen molar-refractivity contribution in [3.05, 3.63) is 64.9 Å². The number of amides is 1. The van der Waals surface area contributed by atoms with E-state index in [4.69, 9.17) is 9.47 Å². The van der Waals surface area contributed by atoms with Crippen LogP contribution < -0.4 is 10.1 Å². The van der Waals surface area contributed by atoms with E-state index in [1.807, 2.05) is 0 Å². The van der Waals surface area contributed by atoms with Crippen molar-refractivity contribution < 1.29 is 23.5 Å². The second-order valence-electron chi connectivity index (χ2n) is 7.41. The molecular formula is C22H21FN2O4S. The molecule has 2 heterocycles. The third-order valence-corrected chi connectivity index (χ3v) is 4.86. The molecule has 1 amide bonds. The number of ether oxygens (including phenoxy) is 2. The van der Waals surface area contributed by atoms with Gasteiger partial charge in [0.2, 0.25) is 5.88 Å². The van der Waals surface area contributed by atoms with Gasteiger partial charge in [0.25, 0.3) is 5.91 Å². The van der Waals surface area contributed by atoms with Gasteiger partial charge < -0.3 is 14.8 Å². The van der Waals surface area contributed by atoms with E-state index in [9.17, 15) is 14.0 Å². The fraction of sp³-hybridized carbons (Fsp3) is 0.227. The fourth-order valence-corrected chi connectivity index (χ4v) is 3.61. The van der Waals surface area contributed by atoms with Crippen molar-refractivity contribution in [1.82, 2.24) is 4.98 Å². The Balaban J connectivity index is 2.00. The van der Waals surface area contributed by atoms with Crippen LogP contribution in [0.2, 0.25) is 0 Å². The third kappa shape index (κ3) is 5.01. The highest BCUT2D eigenvalue weighted by Crippen LogP contribution is 2.37. The highest BCUT2D eigenvalue weighted by molar-refractivity contribution is 7.15. The van der Waals surface area contributed by atoms with Crippen LogP contribution in [-0.4, -0.2) is 29.6 Å². The number of aromatic nitrogens is 1. The first-order chi connectivity index (χ1) is 14.2. The summed E-state index contributed by atoms with van der Waals surface area (Å²) in [6, 6.07) is 8.76. The standard InChI is InChI=1S/C22H21FN2O4S/c1-22(2,3)29-21(27)18-16(14-8-9-17(28-4)24-11-14)12-30-20(18)25-19(26)13-6-5-7-15(23)10-13/h5-12H,1-4H3,(H,25,26). The Hall–Kier alpha value is -3.26. The summed E-state index contributed by atoms with van der Waals surface area (Å²) >= 11 is 1.18. The summed E-state index contributed by atoms with van der Waals surface area (Å²) in [4.78, 5) is 29.7. The summed E-state index contributed by atoms with van der Waals surface area (Å²) in [5.74, 6) is -1.19. The van der Waals surface area contributed by atoms with Crippen LogP contribution in [0, 0.1) is 5.82 Å². The second kappa shape index (κ2) is 8.62. The first-order valence-corrected chi connectivity index (χ1v) is 9.98. The van der Waals surface area contributed by atoms with Crippen molar-refractivity contribution in [1.29, 1.82) is 0 Å². The van der Waals surface area contributed by atoms with Gasteiger partial charge in [0.05, 0.1) is 7.11 Å². The summed E-state index contributed by atoms with van der Waals surface area (Å²) < 4.78 is 24.1. The van der Waals surface area contributed by atoms with Crippen molar-refractivity contribution >= 4 is 28.2 Å². The maximum Gasteiger partial charge on any atom is 0.342 e. The van der Waals surface area contributed by atoms with E-state index in [1.54, 1.807) is 44.5 Å². The van der Waals surface area contributed by atoms with Crippen LogP contribution in [-0.2, 0) is 4.74 Å². The number of halogens is 1. The van der Waals surface area contributed by atoms with Crippen LogP contribution in [0.4, 0.5) is 9.39 Å². The van der Waals surface area contributed by atoms with E-state index in [-0.39, 0.29) is 11.1 Å². The van der Waals surface area contributed by atoms with Gasteiger partial charge in [-0.2, -0.15) is 0 Å². The fourth-order valence-electron chi connectivity index (χ4n) is 2.66. The molecule has 0 aliphatic rings. The van der Waals surface area contributed by atoms with E-state index in [0.29, 0.717) is 22.0 Å². The van der Waals surface area contributed by atoms with Gasteiger partial charge in [-0.3, -0.25) is 4.79 Å². The number of nitrogens with one attached hydrogen (secondary N) is 1. The lowest BCUT2D eigenvalue weighted by atomic mass is 10.1. The zero-order chi connectivity index (χ0) is 21.9. The van der Waals surface area contributed by atoms with E-state index < -0.39 is 23.3 Å². The minimum atomic E-state index is -0.724. The number of methoxy groups -OCH3 is 1. The van der Waals surface area contributed by atoms with Crippen molar-refractivity contribution in [2.45, 2.75) is 26.4 Å². The molecule has 1 N–H and O–H groups in total. The average molecular weight is 428 g/mol. The van der Waals surface area contributed by atoms with Crippen molar-refractivity contribution in [2.24, 2.45) is 0 Å². The molecule has 156 valence electrons. The quantitative estimate of drug-likeness (QED) is 0.568. The topological polar surface area (TPSA) is 77.5 Å². The molecule has 3 aromatic rings. The number of rotatable bonds is 5. The molecule has 0 saturated carbocycles. The van der Waals surface area contributed by atoms with Crippen molar-refractivity contribution in [3.8, 4) is 17.0 Å². The van der Waals surface area contributed by atoms with Gasteiger partial charge in [-0.05, 0) is 45.0 Å². The molecule has 1 aromatic carbocycles. The Kier molecular flexibility index (Phi) is 6.17. The normalized spacial score (nSPS) is 11.1. The van der Waals surface area contributed by atoms with Gasteiger partial charge >= 0.3 is 5.97 Å². The van der Waals surface area contributed by atoms with Gasteiger partial charge in [0.15, 0.2) is 0 Å². The van der Waals surface area contributed by atoms with Gasteiger partial charge in [0.1, 0.15) is 22.0 Å². The molecule has 2 aromatic heterocycles. The molecule has 8 heteroatoms. The van der Waals surface area contributed by atoms with Crippen LogP contribution in [0.5, 0.6) is 5.88 Å². The molecule has 0 atom stereocenters. The summed E-state index contributed by atoms with van der Waals surface area (Å²) in [7, 11) is 1.51. The van der Waals surface area contributed by atoms with Crippen molar-refractivity contribution in [3.63, 3.8) is 0 Å². The second-order valence-corrected chi connectivity index (χ2v) is 8.29. The largest absolute Gasteiger partial charge is 0.481 e. The van der Waals surface area contributed by atoms with Gasteiger partial charge in [0, 0.05) is 34.3 Å². The number of anilines is 1. The molecule has 3 rings (SSSR count). The number of thiophene rings is 1. The highest BCUT2D eigenvalue weighted by atomic mass is 32.1. The van der Waals surface area contributed by atoms with E-state index in [2.05, 4.69) is 10.3 Å². The molecule has 0 aliphatic carbocycles. The zero-order valence-electron chi connectivity index (χ0n) is 17.0. The Morgan fingerprint density at radius 1 is 1.17 bits per heavy atom. The smallest absolute Gasteiger partial charge is 0.342 e. The lowest BCUT2D eigenvalue weighted by Gasteiger charge is -2.20. The Morgan fingerprint density at radius 2 is 1.93 bits per heavy atom. The van der Waals surface area contributed by atoms with Crippen LogP contribution in [0.15, 0.2) is 48.0 Å². The predicted molar refractivity (Wildman–Crippen MR) is 114 cm³/mol. The van der Waals surface area contributed by atoms with Gasteiger partial charge in [-0.25, -0.2) is 14.2 Å². The first-order valence-electron chi connectivity index (χ1n) is 9.10. The molecule has 0 saturated heterocycles. The Labute approximate surface area is 177 Å². The highest BCUT2D eigenvalue weighted by Gasteiger charge is 2.27. The lowest BCUT2D eigenvalue weighted by molar-refractivity contribution is 0.00721.